The summed E-state index contributed by atoms with van der Waals surface area (Å²) in [6, 6.07) is 0. The first-order valence-electron chi connectivity index (χ1n) is 0.433. The molecule has 0 aliphatic rings. The summed E-state index contributed by atoms with van der Waals surface area (Å²) in [5.41, 5.74) is 0. The van der Waals surface area contributed by atoms with Gasteiger partial charge in [-0.05, 0) is 0 Å². The van der Waals surface area contributed by atoms with Crippen molar-refractivity contribution >= 4 is 16.2 Å². The van der Waals surface area contributed by atoms with Gasteiger partial charge in [-0.3, -0.25) is 0 Å². The molecule has 0 bridgehead atoms. The van der Waals surface area contributed by atoms with E-state index in [0.717, 1.165) is 0 Å². The molecule has 0 unspecified atom stereocenters. The van der Waals surface area contributed by atoms with Gasteiger partial charge in [-0.2, -0.15) is 0 Å². The summed E-state index contributed by atoms with van der Waals surface area (Å²) in [5.74, 6) is 0. The SMILES string of the molecule is [O]=[AlH].[O]=[Fe]. The van der Waals surface area contributed by atoms with Crippen LogP contribution in [-0.2, 0) is 23.6 Å². The Balaban J connectivity index is 0. The van der Waals surface area contributed by atoms with Crippen LogP contribution < -0.4 is 0 Å². The molecule has 0 radical (unpaired) electrons. The molecule has 0 aromatic heterocycles. The van der Waals surface area contributed by atoms with E-state index >= 15 is 0 Å². The van der Waals surface area contributed by atoms with Crippen molar-refractivity contribution in [3.8, 4) is 0 Å². The van der Waals surface area contributed by atoms with Gasteiger partial charge in [0.05, 0.1) is 0 Å². The van der Waals surface area contributed by atoms with Crippen LogP contribution in [0.15, 0.2) is 0 Å². The third kappa shape index (κ3) is 17.0. The molecular formula is HAlFeO2. The molecule has 2 nitrogen and oxygen atoms in total. The number of hydrogen-bond acceptors (Lipinski definition) is 2. The summed E-state index contributed by atoms with van der Waals surface area (Å²) in [6.07, 6.45) is 0. The van der Waals surface area contributed by atoms with E-state index in [-0.39, 0.29) is 0 Å². The molecule has 0 aliphatic carbocycles. The maximum atomic E-state index is 8.28. The van der Waals surface area contributed by atoms with Crippen molar-refractivity contribution in [2.75, 3.05) is 0 Å². The fraction of sp³-hybridized carbons (Fsp3) is 0. The second kappa shape index (κ2) is 60.4. The standard InChI is InChI=1S/Al.Fe.2O.H. The quantitative estimate of drug-likeness (QED) is 0.384. The molecule has 0 fully saturated rings. The van der Waals surface area contributed by atoms with Gasteiger partial charge in [-0.15, -0.1) is 0 Å². The molecule has 0 aromatic carbocycles. The Morgan fingerprint density at radius 2 is 1.25 bits per heavy atom. The fourth-order valence-electron chi connectivity index (χ4n) is 0. The minimum absolute atomic E-state index is 0.611. The van der Waals surface area contributed by atoms with E-state index in [1.165, 1.54) is 0 Å². The van der Waals surface area contributed by atoms with Crippen molar-refractivity contribution in [1.82, 2.24) is 0 Å². The van der Waals surface area contributed by atoms with Crippen molar-refractivity contribution in [3.63, 3.8) is 0 Å². The molecule has 4 heteroatoms. The Morgan fingerprint density at radius 1 is 1.25 bits per heavy atom. The minimum atomic E-state index is 0.611. The summed E-state index contributed by atoms with van der Waals surface area (Å²) in [7, 11) is 0. The average Bonchev–Trinajstić information content (AvgIpc) is 1.50. The molecule has 0 spiro atoms. The summed E-state index contributed by atoms with van der Waals surface area (Å²) in [4.78, 5) is 0. The van der Waals surface area contributed by atoms with Gasteiger partial charge in [0.15, 0.2) is 0 Å². The normalized spacial score (nSPS) is 2.00. The molecular weight excluding hydrogens is 115 g/mol. The molecule has 0 aliphatic heterocycles. The van der Waals surface area contributed by atoms with Crippen LogP contribution in [-0.4, -0.2) is 16.2 Å². The predicted molar refractivity (Wildman–Crippen MR) is 8.52 cm³/mol. The number of rotatable bonds is 0. The first kappa shape index (κ1) is 8.82. The summed E-state index contributed by atoms with van der Waals surface area (Å²) >= 11 is 2.61. The van der Waals surface area contributed by atoms with Crippen molar-refractivity contribution in [1.29, 1.82) is 0 Å². The van der Waals surface area contributed by atoms with Crippen LogP contribution in [0.5, 0.6) is 0 Å². The molecule has 4 heavy (non-hydrogen) atoms. The van der Waals surface area contributed by atoms with Crippen LogP contribution in [0.2, 0.25) is 0 Å². The maximum absolute atomic E-state index is 8.28. The summed E-state index contributed by atoms with van der Waals surface area (Å²) < 4.78 is 16.3. The Bertz CT molecular complexity index is 8.00. The van der Waals surface area contributed by atoms with Crippen molar-refractivity contribution in [2.45, 2.75) is 0 Å². The molecule has 0 N–H and O–H groups in total. The fourth-order valence-corrected chi connectivity index (χ4v) is 0. The van der Waals surface area contributed by atoms with Gasteiger partial charge in [0, 0.05) is 0 Å². The van der Waals surface area contributed by atoms with Crippen LogP contribution in [0.1, 0.15) is 0 Å². The van der Waals surface area contributed by atoms with E-state index < -0.39 is 0 Å². The van der Waals surface area contributed by atoms with E-state index in [1.54, 1.807) is 0 Å². The second-order valence-electron chi connectivity index (χ2n) is 0. The molecule has 0 saturated heterocycles. The monoisotopic (exact) mass is 116 g/mol. The zero-order chi connectivity index (χ0) is 4.00. The predicted octanol–water partition coefficient (Wildman–Crippen LogP) is -0.889. The second-order valence-corrected chi connectivity index (χ2v) is 0. The molecule has 0 saturated carbocycles. The molecule has 0 heterocycles. The van der Waals surface area contributed by atoms with Gasteiger partial charge in [-0.1, -0.05) is 0 Å². The summed E-state index contributed by atoms with van der Waals surface area (Å²) in [5, 5.41) is 0. The van der Waals surface area contributed by atoms with Crippen molar-refractivity contribution < 1.29 is 23.6 Å². The van der Waals surface area contributed by atoms with Crippen LogP contribution in [0.25, 0.3) is 0 Å². The molecule has 0 rings (SSSR count). The first-order valence-corrected chi connectivity index (χ1v) is 1.46. The van der Waals surface area contributed by atoms with Gasteiger partial charge in [-0.25, -0.2) is 0 Å². The average molecular weight is 116 g/mol. The summed E-state index contributed by atoms with van der Waals surface area (Å²) in [6.45, 7) is 0. The van der Waals surface area contributed by atoms with E-state index in [4.69, 9.17) is 7.64 Å². The third-order valence-corrected chi connectivity index (χ3v) is 0. The molecule has 24 valence electrons. The van der Waals surface area contributed by atoms with E-state index in [1.807, 2.05) is 15.9 Å². The van der Waals surface area contributed by atoms with Gasteiger partial charge in [0.1, 0.15) is 0 Å². The zero-order valence-electron chi connectivity index (χ0n) is 1.88. The van der Waals surface area contributed by atoms with Gasteiger partial charge in [0.25, 0.3) is 0 Å². The van der Waals surface area contributed by atoms with Crippen LogP contribution in [0.3, 0.4) is 0 Å². The molecule has 0 atom stereocenters. The Morgan fingerprint density at radius 3 is 1.25 bits per heavy atom. The topological polar surface area (TPSA) is 34.1 Å². The van der Waals surface area contributed by atoms with Crippen LogP contribution >= 0.6 is 0 Å². The first-order chi connectivity index (χ1) is 2.00. The van der Waals surface area contributed by atoms with Gasteiger partial charge < -0.3 is 0 Å². The van der Waals surface area contributed by atoms with Crippen molar-refractivity contribution in [3.05, 3.63) is 0 Å². The van der Waals surface area contributed by atoms with Crippen LogP contribution in [0.4, 0.5) is 0 Å². The van der Waals surface area contributed by atoms with E-state index in [9.17, 15) is 0 Å². The van der Waals surface area contributed by atoms with Crippen molar-refractivity contribution in [2.24, 2.45) is 0 Å². The van der Waals surface area contributed by atoms with Gasteiger partial charge in [0.2, 0.25) is 0 Å². The Kier molecular flexibility index (Phi) is 133. The Hall–Kier alpha value is 0.652. The third-order valence-electron chi connectivity index (χ3n) is 0. The van der Waals surface area contributed by atoms with Crippen LogP contribution in [0, 0.1) is 0 Å². The Labute approximate surface area is 40.2 Å². The zero-order valence-corrected chi connectivity index (χ0v) is 4.40. The number of hydrogen-bond donors (Lipinski definition) is 0. The van der Waals surface area contributed by atoms with Gasteiger partial charge >= 0.3 is 39.8 Å². The molecule has 0 aromatic rings. The van der Waals surface area contributed by atoms with E-state index in [2.05, 4.69) is 0 Å². The molecule has 0 amide bonds. The van der Waals surface area contributed by atoms with E-state index in [0.29, 0.717) is 16.2 Å².